The molecule has 0 aliphatic rings. The highest BCUT2D eigenvalue weighted by Crippen LogP contribution is 2.41. The van der Waals surface area contributed by atoms with E-state index in [0.29, 0.717) is 0 Å². The molecule has 0 aliphatic heterocycles. The molecule has 0 aliphatic carbocycles. The Morgan fingerprint density at radius 2 is 1.88 bits per heavy atom. The van der Waals surface area contributed by atoms with Crippen LogP contribution in [0.25, 0.3) is 0 Å². The lowest BCUT2D eigenvalue weighted by Crippen LogP contribution is -2.15. The van der Waals surface area contributed by atoms with Gasteiger partial charge >= 0.3 is 6.18 Å². The lowest BCUT2D eigenvalue weighted by atomic mass is 10.1. The Labute approximate surface area is 104 Å². The number of pyridine rings is 1. The molecule has 16 heavy (non-hydrogen) atoms. The highest BCUT2D eigenvalue weighted by Gasteiger charge is 2.39. The zero-order valence-corrected chi connectivity index (χ0v) is 10.6. The van der Waals surface area contributed by atoms with Gasteiger partial charge in [0.05, 0.1) is 11.3 Å². The third kappa shape index (κ3) is 2.71. The van der Waals surface area contributed by atoms with Crippen molar-refractivity contribution in [3.63, 3.8) is 0 Å². The van der Waals surface area contributed by atoms with Crippen molar-refractivity contribution in [1.29, 1.82) is 0 Å². The molecule has 0 saturated carbocycles. The summed E-state index contributed by atoms with van der Waals surface area (Å²) in [5.41, 5.74) is -2.91. The Bertz CT molecular complexity index is 391. The van der Waals surface area contributed by atoms with Crippen molar-refractivity contribution >= 4 is 31.9 Å². The standard InChI is InChI=1S/C8H4Br2F5N/c9-1-4-6(8(13,14)15)5(7(11)12)3(10)2-16-4/h2,7H,1H2. The molecular formula is C8H4Br2F5N. The van der Waals surface area contributed by atoms with Crippen molar-refractivity contribution in [2.24, 2.45) is 0 Å². The molecule has 8 heteroatoms. The predicted molar refractivity (Wildman–Crippen MR) is 54.5 cm³/mol. The van der Waals surface area contributed by atoms with Crippen LogP contribution in [0, 0.1) is 0 Å². The van der Waals surface area contributed by atoms with Crippen molar-refractivity contribution in [1.82, 2.24) is 4.98 Å². The number of halogens is 7. The molecule has 1 heterocycles. The molecule has 0 N–H and O–H groups in total. The molecule has 0 atom stereocenters. The second-order valence-corrected chi connectivity index (χ2v) is 4.19. The normalized spacial score (nSPS) is 12.2. The van der Waals surface area contributed by atoms with E-state index in [2.05, 4.69) is 36.8 Å². The van der Waals surface area contributed by atoms with Gasteiger partial charge in [0.25, 0.3) is 6.43 Å². The average molecular weight is 369 g/mol. The van der Waals surface area contributed by atoms with Crippen LogP contribution >= 0.6 is 31.9 Å². The summed E-state index contributed by atoms with van der Waals surface area (Å²) in [4.78, 5) is 3.46. The van der Waals surface area contributed by atoms with Crippen LogP contribution in [-0.4, -0.2) is 4.98 Å². The Balaban J connectivity index is 3.56. The number of aromatic nitrogens is 1. The summed E-state index contributed by atoms with van der Waals surface area (Å²) >= 11 is 5.43. The quantitative estimate of drug-likeness (QED) is 0.545. The van der Waals surface area contributed by atoms with Gasteiger partial charge in [-0.15, -0.1) is 0 Å². The first kappa shape index (κ1) is 13.8. The van der Waals surface area contributed by atoms with Crippen LogP contribution in [0.2, 0.25) is 0 Å². The van der Waals surface area contributed by atoms with Gasteiger partial charge in [0.1, 0.15) is 0 Å². The van der Waals surface area contributed by atoms with Gasteiger partial charge in [0, 0.05) is 21.6 Å². The number of alkyl halides is 6. The average Bonchev–Trinajstić information content (AvgIpc) is 2.15. The van der Waals surface area contributed by atoms with E-state index in [1.807, 2.05) is 0 Å². The summed E-state index contributed by atoms with van der Waals surface area (Å²) < 4.78 is 62.6. The van der Waals surface area contributed by atoms with E-state index < -0.39 is 29.4 Å². The highest BCUT2D eigenvalue weighted by molar-refractivity contribution is 9.10. The van der Waals surface area contributed by atoms with Crippen molar-refractivity contribution in [2.75, 3.05) is 0 Å². The first-order valence-corrected chi connectivity index (χ1v) is 5.79. The summed E-state index contributed by atoms with van der Waals surface area (Å²) in [6, 6.07) is 0. The van der Waals surface area contributed by atoms with Gasteiger partial charge in [-0.1, -0.05) is 15.9 Å². The van der Waals surface area contributed by atoms with Crippen molar-refractivity contribution < 1.29 is 22.0 Å². The van der Waals surface area contributed by atoms with E-state index >= 15 is 0 Å². The third-order valence-corrected chi connectivity index (χ3v) is 2.94. The first-order valence-electron chi connectivity index (χ1n) is 3.87. The lowest BCUT2D eigenvalue weighted by Gasteiger charge is -2.16. The van der Waals surface area contributed by atoms with Crippen molar-refractivity contribution in [3.05, 3.63) is 27.5 Å². The minimum absolute atomic E-state index is 0.241. The molecule has 1 aromatic heterocycles. The molecule has 0 bridgehead atoms. The number of hydrogen-bond acceptors (Lipinski definition) is 1. The van der Waals surface area contributed by atoms with Crippen LogP contribution in [0.3, 0.4) is 0 Å². The summed E-state index contributed by atoms with van der Waals surface area (Å²) in [5.74, 6) is 0. The summed E-state index contributed by atoms with van der Waals surface area (Å²) in [6.07, 6.45) is -7.13. The van der Waals surface area contributed by atoms with Crippen LogP contribution in [-0.2, 0) is 11.5 Å². The summed E-state index contributed by atoms with van der Waals surface area (Å²) in [5, 5.41) is -0.241. The second kappa shape index (κ2) is 4.95. The van der Waals surface area contributed by atoms with Gasteiger partial charge in [0.2, 0.25) is 0 Å². The third-order valence-electron chi connectivity index (χ3n) is 1.78. The second-order valence-electron chi connectivity index (χ2n) is 2.77. The fourth-order valence-electron chi connectivity index (χ4n) is 1.17. The van der Waals surface area contributed by atoms with E-state index in [4.69, 9.17) is 0 Å². The van der Waals surface area contributed by atoms with E-state index in [1.54, 1.807) is 0 Å². The lowest BCUT2D eigenvalue weighted by molar-refractivity contribution is -0.140. The monoisotopic (exact) mass is 367 g/mol. The van der Waals surface area contributed by atoms with Gasteiger partial charge < -0.3 is 0 Å². The van der Waals surface area contributed by atoms with E-state index in [-0.39, 0.29) is 9.80 Å². The van der Waals surface area contributed by atoms with Gasteiger partial charge in [-0.05, 0) is 15.9 Å². The zero-order chi connectivity index (χ0) is 12.5. The molecule has 0 radical (unpaired) electrons. The maximum Gasteiger partial charge on any atom is 0.418 e. The molecule has 0 fully saturated rings. The van der Waals surface area contributed by atoms with Gasteiger partial charge in [0.15, 0.2) is 0 Å². The molecule has 1 nitrogen and oxygen atoms in total. The first-order chi connectivity index (χ1) is 7.29. The molecule has 1 aromatic rings. The minimum Gasteiger partial charge on any atom is -0.259 e. The van der Waals surface area contributed by atoms with Gasteiger partial charge in [-0.3, -0.25) is 4.98 Å². The zero-order valence-electron chi connectivity index (χ0n) is 7.45. The maximum atomic E-state index is 12.6. The maximum absolute atomic E-state index is 12.6. The summed E-state index contributed by atoms with van der Waals surface area (Å²) in [6.45, 7) is 0. The van der Waals surface area contributed by atoms with Gasteiger partial charge in [-0.2, -0.15) is 13.2 Å². The molecule has 0 unspecified atom stereocenters. The van der Waals surface area contributed by atoms with Gasteiger partial charge in [-0.25, -0.2) is 8.78 Å². The number of hydrogen-bond donors (Lipinski definition) is 0. The van der Waals surface area contributed by atoms with Crippen LogP contribution < -0.4 is 0 Å². The molecule has 0 saturated heterocycles. The number of rotatable bonds is 2. The molecule has 0 spiro atoms. The molecule has 0 aromatic carbocycles. The number of nitrogens with zero attached hydrogens (tertiary/aromatic N) is 1. The Morgan fingerprint density at radius 1 is 1.31 bits per heavy atom. The Kier molecular flexibility index (Phi) is 4.28. The molecular weight excluding hydrogens is 365 g/mol. The SMILES string of the molecule is FC(F)c1c(Br)cnc(CBr)c1C(F)(F)F. The van der Waals surface area contributed by atoms with Crippen LogP contribution in [0.5, 0.6) is 0 Å². The Hall–Kier alpha value is -0.240. The fraction of sp³-hybridized carbons (Fsp3) is 0.375. The van der Waals surface area contributed by atoms with Crippen LogP contribution in [0.15, 0.2) is 10.7 Å². The largest absolute Gasteiger partial charge is 0.418 e. The fourth-order valence-corrected chi connectivity index (χ4v) is 2.07. The van der Waals surface area contributed by atoms with Crippen LogP contribution in [0.1, 0.15) is 23.2 Å². The van der Waals surface area contributed by atoms with Crippen molar-refractivity contribution in [3.8, 4) is 0 Å². The van der Waals surface area contributed by atoms with E-state index in [1.165, 1.54) is 0 Å². The van der Waals surface area contributed by atoms with E-state index in [0.717, 1.165) is 6.20 Å². The predicted octanol–water partition coefficient (Wildman–Crippen LogP) is 4.70. The Morgan fingerprint density at radius 3 is 2.25 bits per heavy atom. The summed E-state index contributed by atoms with van der Waals surface area (Å²) in [7, 11) is 0. The molecule has 90 valence electrons. The highest BCUT2D eigenvalue weighted by atomic mass is 79.9. The van der Waals surface area contributed by atoms with E-state index in [9.17, 15) is 22.0 Å². The smallest absolute Gasteiger partial charge is 0.259 e. The molecule has 0 amide bonds. The minimum atomic E-state index is -4.86. The molecule has 1 rings (SSSR count). The van der Waals surface area contributed by atoms with Crippen molar-refractivity contribution in [2.45, 2.75) is 17.9 Å². The topological polar surface area (TPSA) is 12.9 Å². The van der Waals surface area contributed by atoms with Crippen LogP contribution in [0.4, 0.5) is 22.0 Å².